The summed E-state index contributed by atoms with van der Waals surface area (Å²) in [7, 11) is 0. The number of aromatic amines is 2. The minimum Gasteiger partial charge on any atom is -0.276 e. The molecular formula is C24H16Br2N4. The van der Waals surface area contributed by atoms with Crippen molar-refractivity contribution in [1.82, 2.24) is 20.4 Å². The zero-order valence-corrected chi connectivity index (χ0v) is 18.9. The van der Waals surface area contributed by atoms with Crippen LogP contribution < -0.4 is 0 Å². The summed E-state index contributed by atoms with van der Waals surface area (Å²) in [5, 5.41) is 15.4. The average Bonchev–Trinajstić information content (AvgIpc) is 3.38. The van der Waals surface area contributed by atoms with Crippen molar-refractivity contribution in [1.29, 1.82) is 0 Å². The Hall–Kier alpha value is -2.96. The maximum absolute atomic E-state index is 4.56. The van der Waals surface area contributed by atoms with Crippen LogP contribution in [-0.2, 0) is 0 Å². The Morgan fingerprint density at radius 2 is 0.900 bits per heavy atom. The summed E-state index contributed by atoms with van der Waals surface area (Å²) >= 11 is 7.46. The highest BCUT2D eigenvalue weighted by Gasteiger charge is 2.17. The van der Waals surface area contributed by atoms with E-state index in [4.69, 9.17) is 0 Å². The van der Waals surface area contributed by atoms with Crippen LogP contribution in [0, 0.1) is 0 Å². The van der Waals surface area contributed by atoms with Gasteiger partial charge in [-0.2, -0.15) is 10.2 Å². The normalized spacial score (nSPS) is 11.0. The van der Waals surface area contributed by atoms with E-state index in [0.29, 0.717) is 0 Å². The topological polar surface area (TPSA) is 57.4 Å². The largest absolute Gasteiger partial charge is 0.276 e. The predicted octanol–water partition coefficient (Wildman–Crippen LogP) is 7.33. The molecule has 0 aliphatic rings. The first kappa shape index (κ1) is 19.0. The number of benzene rings is 3. The standard InChI is InChI=1S/C24H16Br2N4/c25-19-21(15-8-3-1-4-9-15)27-29-23(19)17-12-7-13-18(14-17)24-20(26)22(28-30-24)16-10-5-2-6-11-16/h1-14H,(H,27,29)(H,28,30). The fourth-order valence-electron chi connectivity index (χ4n) is 3.45. The summed E-state index contributed by atoms with van der Waals surface area (Å²) in [5.74, 6) is 0. The number of H-pyrrole nitrogens is 2. The van der Waals surface area contributed by atoms with Crippen molar-refractivity contribution < 1.29 is 0 Å². The molecule has 6 heteroatoms. The molecule has 30 heavy (non-hydrogen) atoms. The minimum atomic E-state index is 0.866. The molecular weight excluding hydrogens is 504 g/mol. The molecule has 0 atom stereocenters. The van der Waals surface area contributed by atoms with Crippen molar-refractivity contribution in [3.8, 4) is 45.0 Å². The van der Waals surface area contributed by atoms with Gasteiger partial charge in [0.25, 0.3) is 0 Å². The molecule has 4 nitrogen and oxygen atoms in total. The second-order valence-electron chi connectivity index (χ2n) is 6.84. The van der Waals surface area contributed by atoms with Crippen molar-refractivity contribution in [2.24, 2.45) is 0 Å². The minimum absolute atomic E-state index is 0.866. The van der Waals surface area contributed by atoms with Gasteiger partial charge in [0.1, 0.15) is 11.4 Å². The van der Waals surface area contributed by atoms with Gasteiger partial charge in [0.15, 0.2) is 0 Å². The van der Waals surface area contributed by atoms with E-state index >= 15 is 0 Å². The zero-order chi connectivity index (χ0) is 20.5. The molecule has 0 unspecified atom stereocenters. The van der Waals surface area contributed by atoms with Gasteiger partial charge in [0.05, 0.1) is 20.3 Å². The molecule has 0 amide bonds. The summed E-state index contributed by atoms with van der Waals surface area (Å²) < 4.78 is 1.88. The Kier molecular flexibility index (Phi) is 5.11. The number of halogens is 2. The Balaban J connectivity index is 1.54. The Morgan fingerprint density at radius 3 is 1.33 bits per heavy atom. The van der Waals surface area contributed by atoms with Crippen LogP contribution in [0.5, 0.6) is 0 Å². The zero-order valence-electron chi connectivity index (χ0n) is 15.7. The van der Waals surface area contributed by atoms with E-state index < -0.39 is 0 Å². The van der Waals surface area contributed by atoms with Crippen LogP contribution in [0.25, 0.3) is 45.0 Å². The van der Waals surface area contributed by atoms with E-state index in [1.165, 1.54) is 0 Å². The molecule has 3 aromatic carbocycles. The van der Waals surface area contributed by atoms with Crippen molar-refractivity contribution in [2.45, 2.75) is 0 Å². The summed E-state index contributed by atoms with van der Waals surface area (Å²) in [6.07, 6.45) is 0. The van der Waals surface area contributed by atoms with Crippen LogP contribution in [0.1, 0.15) is 0 Å². The van der Waals surface area contributed by atoms with Gasteiger partial charge >= 0.3 is 0 Å². The smallest absolute Gasteiger partial charge is 0.107 e. The number of hydrogen-bond acceptors (Lipinski definition) is 2. The van der Waals surface area contributed by atoms with Gasteiger partial charge in [0, 0.05) is 22.3 Å². The van der Waals surface area contributed by atoms with Gasteiger partial charge in [0.2, 0.25) is 0 Å². The van der Waals surface area contributed by atoms with Gasteiger partial charge < -0.3 is 0 Å². The van der Waals surface area contributed by atoms with E-state index in [1.54, 1.807) is 0 Å². The first-order valence-corrected chi connectivity index (χ1v) is 11.0. The van der Waals surface area contributed by atoms with Crippen molar-refractivity contribution in [2.75, 3.05) is 0 Å². The van der Waals surface area contributed by atoms with E-state index in [0.717, 1.165) is 54.0 Å². The summed E-state index contributed by atoms with van der Waals surface area (Å²) in [6, 6.07) is 28.5. The fraction of sp³-hybridized carbons (Fsp3) is 0. The number of rotatable bonds is 4. The molecule has 0 aliphatic carbocycles. The lowest BCUT2D eigenvalue weighted by atomic mass is 10.0. The first-order chi connectivity index (χ1) is 14.7. The van der Waals surface area contributed by atoms with Crippen molar-refractivity contribution >= 4 is 31.9 Å². The number of nitrogens with one attached hydrogen (secondary N) is 2. The Morgan fingerprint density at radius 1 is 0.500 bits per heavy atom. The maximum atomic E-state index is 4.56. The Bertz CT molecular complexity index is 1210. The second kappa shape index (κ2) is 8.05. The lowest BCUT2D eigenvalue weighted by molar-refractivity contribution is 1.10. The third-order valence-electron chi connectivity index (χ3n) is 4.95. The molecule has 2 N–H and O–H groups in total. The summed E-state index contributed by atoms with van der Waals surface area (Å²) in [6.45, 7) is 0. The second-order valence-corrected chi connectivity index (χ2v) is 8.42. The third-order valence-corrected chi connectivity index (χ3v) is 6.49. The lowest BCUT2D eigenvalue weighted by Crippen LogP contribution is -1.84. The van der Waals surface area contributed by atoms with Gasteiger partial charge in [-0.3, -0.25) is 10.2 Å². The number of nitrogens with zero attached hydrogens (tertiary/aromatic N) is 2. The molecule has 5 rings (SSSR count). The van der Waals surface area contributed by atoms with Crippen molar-refractivity contribution in [3.63, 3.8) is 0 Å². The summed E-state index contributed by atoms with van der Waals surface area (Å²) in [5.41, 5.74) is 7.84. The molecule has 0 saturated heterocycles. The van der Waals surface area contributed by atoms with Crippen LogP contribution in [-0.4, -0.2) is 20.4 Å². The number of hydrogen-bond donors (Lipinski definition) is 2. The molecule has 0 fully saturated rings. The lowest BCUT2D eigenvalue weighted by Gasteiger charge is -2.04. The highest BCUT2D eigenvalue weighted by atomic mass is 79.9. The first-order valence-electron chi connectivity index (χ1n) is 9.42. The average molecular weight is 520 g/mol. The predicted molar refractivity (Wildman–Crippen MR) is 128 cm³/mol. The SMILES string of the molecule is Brc1c(-c2cccc(-c3n[nH]c(-c4ccccc4)c3Br)c2)n[nH]c1-c1ccccc1. The van der Waals surface area contributed by atoms with E-state index in [-0.39, 0.29) is 0 Å². The van der Waals surface area contributed by atoms with Gasteiger partial charge in [-0.1, -0.05) is 78.9 Å². The molecule has 2 heterocycles. The van der Waals surface area contributed by atoms with Crippen LogP contribution in [0.3, 0.4) is 0 Å². The van der Waals surface area contributed by atoms with E-state index in [2.05, 4.69) is 94.7 Å². The quantitative estimate of drug-likeness (QED) is 0.261. The van der Waals surface area contributed by atoms with Gasteiger partial charge in [-0.05, 0) is 37.9 Å². The molecule has 0 saturated carbocycles. The van der Waals surface area contributed by atoms with Crippen LogP contribution in [0.4, 0.5) is 0 Å². The van der Waals surface area contributed by atoms with Crippen LogP contribution in [0.2, 0.25) is 0 Å². The molecule has 2 aromatic heterocycles. The molecule has 0 bridgehead atoms. The van der Waals surface area contributed by atoms with Crippen LogP contribution in [0.15, 0.2) is 93.9 Å². The number of aromatic nitrogens is 4. The van der Waals surface area contributed by atoms with Gasteiger partial charge in [-0.15, -0.1) is 0 Å². The van der Waals surface area contributed by atoms with Crippen LogP contribution >= 0.6 is 31.9 Å². The molecule has 0 spiro atoms. The fourth-order valence-corrected chi connectivity index (χ4v) is 4.72. The molecule has 5 aromatic rings. The van der Waals surface area contributed by atoms with E-state index in [9.17, 15) is 0 Å². The van der Waals surface area contributed by atoms with E-state index in [1.807, 2.05) is 42.5 Å². The van der Waals surface area contributed by atoms with Crippen molar-refractivity contribution in [3.05, 3.63) is 93.9 Å². The molecule has 0 radical (unpaired) electrons. The summed E-state index contributed by atoms with van der Waals surface area (Å²) in [4.78, 5) is 0. The highest BCUT2D eigenvalue weighted by Crippen LogP contribution is 2.38. The highest BCUT2D eigenvalue weighted by molar-refractivity contribution is 9.11. The maximum Gasteiger partial charge on any atom is 0.107 e. The Labute approximate surface area is 190 Å². The molecule has 146 valence electrons. The molecule has 0 aliphatic heterocycles. The third kappa shape index (κ3) is 3.42. The monoisotopic (exact) mass is 518 g/mol. The van der Waals surface area contributed by atoms with Gasteiger partial charge in [-0.25, -0.2) is 0 Å².